The molecule has 0 bridgehead atoms. The van der Waals surface area contributed by atoms with E-state index in [2.05, 4.69) is 10.6 Å². The number of halogens is 1. The molecule has 1 aliphatic rings. The molecule has 96 valence electrons. The molecule has 0 saturated carbocycles. The largest absolute Gasteiger partial charge is 0.478 e. The van der Waals surface area contributed by atoms with Crippen molar-refractivity contribution in [2.24, 2.45) is 5.92 Å². The van der Waals surface area contributed by atoms with Gasteiger partial charge in [-0.05, 0) is 31.2 Å². The molecule has 6 heteroatoms. The molecule has 18 heavy (non-hydrogen) atoms. The first-order valence-corrected chi connectivity index (χ1v) is 5.62. The number of carboxylic acid groups (broad SMARTS) is 1. The zero-order chi connectivity index (χ0) is 13.1. The van der Waals surface area contributed by atoms with Crippen LogP contribution in [0.4, 0.5) is 10.1 Å². The van der Waals surface area contributed by atoms with Crippen molar-refractivity contribution in [1.29, 1.82) is 0 Å². The number of amides is 1. The Balaban J connectivity index is 2.09. The van der Waals surface area contributed by atoms with Gasteiger partial charge < -0.3 is 15.7 Å². The van der Waals surface area contributed by atoms with E-state index in [1.165, 1.54) is 12.1 Å². The van der Waals surface area contributed by atoms with Crippen LogP contribution in [-0.2, 0) is 4.79 Å². The van der Waals surface area contributed by atoms with Gasteiger partial charge in [-0.1, -0.05) is 0 Å². The molecule has 0 aromatic heterocycles. The molecule has 1 atom stereocenters. The third-order valence-electron chi connectivity index (χ3n) is 2.91. The smallest absolute Gasteiger partial charge is 0.335 e. The molecule has 2 rings (SSSR count). The molecule has 0 spiro atoms. The van der Waals surface area contributed by atoms with Gasteiger partial charge in [0.15, 0.2) is 0 Å². The topological polar surface area (TPSA) is 78.4 Å². The van der Waals surface area contributed by atoms with Gasteiger partial charge >= 0.3 is 5.97 Å². The molecule has 5 nitrogen and oxygen atoms in total. The third kappa shape index (κ3) is 2.65. The minimum atomic E-state index is -1.20. The molecule has 1 heterocycles. The summed E-state index contributed by atoms with van der Waals surface area (Å²) in [6, 6.07) is 3.41. The second kappa shape index (κ2) is 5.14. The van der Waals surface area contributed by atoms with E-state index in [1.54, 1.807) is 0 Å². The van der Waals surface area contributed by atoms with Crippen LogP contribution in [0.1, 0.15) is 16.8 Å². The van der Waals surface area contributed by atoms with E-state index < -0.39 is 11.8 Å². The maximum absolute atomic E-state index is 13.6. The van der Waals surface area contributed by atoms with E-state index in [9.17, 15) is 14.0 Å². The lowest BCUT2D eigenvalue weighted by molar-refractivity contribution is -0.119. The molecule has 1 amide bonds. The van der Waals surface area contributed by atoms with Crippen LogP contribution in [0, 0.1) is 11.7 Å². The van der Waals surface area contributed by atoms with Crippen LogP contribution in [0.15, 0.2) is 18.2 Å². The Morgan fingerprint density at radius 3 is 2.78 bits per heavy atom. The number of aromatic carboxylic acids is 1. The maximum Gasteiger partial charge on any atom is 0.335 e. The summed E-state index contributed by atoms with van der Waals surface area (Å²) in [6.45, 7) is 1.36. The minimum absolute atomic E-state index is 0.0110. The highest BCUT2D eigenvalue weighted by Gasteiger charge is 2.23. The SMILES string of the molecule is O=C(O)c1ccc(NC(=O)C2CCNC2)c(F)c1. The van der Waals surface area contributed by atoms with Crippen molar-refractivity contribution in [3.8, 4) is 0 Å². The summed E-state index contributed by atoms with van der Waals surface area (Å²) in [4.78, 5) is 22.4. The van der Waals surface area contributed by atoms with Crippen molar-refractivity contribution in [3.05, 3.63) is 29.6 Å². The highest BCUT2D eigenvalue weighted by molar-refractivity contribution is 5.94. The van der Waals surface area contributed by atoms with Gasteiger partial charge in [0, 0.05) is 6.54 Å². The predicted molar refractivity (Wildman–Crippen MR) is 63.0 cm³/mol. The Hall–Kier alpha value is -1.95. The maximum atomic E-state index is 13.6. The standard InChI is InChI=1S/C12H13FN2O3/c13-9-5-7(12(17)18)1-2-10(9)15-11(16)8-3-4-14-6-8/h1-2,5,8,14H,3-4,6H2,(H,15,16)(H,17,18). The molecule has 1 aliphatic heterocycles. The Kier molecular flexibility index (Phi) is 3.57. The van der Waals surface area contributed by atoms with Crippen LogP contribution in [0.5, 0.6) is 0 Å². The molecule has 3 N–H and O–H groups in total. The lowest BCUT2D eigenvalue weighted by atomic mass is 10.1. The minimum Gasteiger partial charge on any atom is -0.478 e. The summed E-state index contributed by atoms with van der Waals surface area (Å²) in [6.07, 6.45) is 0.723. The first-order chi connectivity index (χ1) is 8.58. The highest BCUT2D eigenvalue weighted by atomic mass is 19.1. The van der Waals surface area contributed by atoms with Gasteiger partial charge in [-0.3, -0.25) is 4.79 Å². The zero-order valence-corrected chi connectivity index (χ0v) is 9.57. The van der Waals surface area contributed by atoms with Crippen LogP contribution in [0.25, 0.3) is 0 Å². The van der Waals surface area contributed by atoms with Crippen molar-refractivity contribution in [3.63, 3.8) is 0 Å². The zero-order valence-electron chi connectivity index (χ0n) is 9.57. The Labute approximate surface area is 103 Å². The van der Waals surface area contributed by atoms with Gasteiger partial charge in [-0.2, -0.15) is 0 Å². The van der Waals surface area contributed by atoms with Crippen LogP contribution in [0.2, 0.25) is 0 Å². The summed E-state index contributed by atoms with van der Waals surface area (Å²) in [7, 11) is 0. The molecule has 1 aromatic rings. The van der Waals surface area contributed by atoms with Gasteiger partial charge in [-0.15, -0.1) is 0 Å². The fraction of sp³-hybridized carbons (Fsp3) is 0.333. The number of carboxylic acids is 1. The lowest BCUT2D eigenvalue weighted by Crippen LogP contribution is -2.25. The fourth-order valence-corrected chi connectivity index (χ4v) is 1.86. The van der Waals surface area contributed by atoms with E-state index in [0.29, 0.717) is 6.54 Å². The normalized spacial score (nSPS) is 18.6. The van der Waals surface area contributed by atoms with Gasteiger partial charge in [-0.25, -0.2) is 9.18 Å². The Morgan fingerprint density at radius 2 is 2.22 bits per heavy atom. The average molecular weight is 252 g/mol. The average Bonchev–Trinajstić information content (AvgIpc) is 2.85. The number of carbonyl (C=O) groups is 2. The number of hydrogen-bond donors (Lipinski definition) is 3. The van der Waals surface area contributed by atoms with Crippen molar-refractivity contribution in [1.82, 2.24) is 5.32 Å². The van der Waals surface area contributed by atoms with Crippen LogP contribution in [0.3, 0.4) is 0 Å². The predicted octanol–water partition coefficient (Wildman–Crippen LogP) is 1.07. The molecule has 1 aromatic carbocycles. The summed E-state index contributed by atoms with van der Waals surface area (Å²) < 4.78 is 13.6. The second-order valence-corrected chi connectivity index (χ2v) is 4.18. The molecular weight excluding hydrogens is 239 g/mol. The number of nitrogens with one attached hydrogen (secondary N) is 2. The van der Waals surface area contributed by atoms with Gasteiger partial charge in [0.2, 0.25) is 5.91 Å². The monoisotopic (exact) mass is 252 g/mol. The van der Waals surface area contributed by atoms with E-state index in [4.69, 9.17) is 5.11 Å². The lowest BCUT2D eigenvalue weighted by Gasteiger charge is -2.10. The van der Waals surface area contributed by atoms with Gasteiger partial charge in [0.1, 0.15) is 5.82 Å². The van der Waals surface area contributed by atoms with E-state index in [0.717, 1.165) is 19.0 Å². The number of rotatable bonds is 3. The van der Waals surface area contributed by atoms with Crippen molar-refractivity contribution >= 4 is 17.6 Å². The molecule has 1 unspecified atom stereocenters. The molecular formula is C12H13FN2O3. The number of hydrogen-bond acceptors (Lipinski definition) is 3. The van der Waals surface area contributed by atoms with E-state index in [1.807, 2.05) is 0 Å². The Morgan fingerprint density at radius 1 is 1.44 bits per heavy atom. The van der Waals surface area contributed by atoms with Gasteiger partial charge in [0.05, 0.1) is 17.2 Å². The second-order valence-electron chi connectivity index (χ2n) is 4.18. The van der Waals surface area contributed by atoms with Crippen LogP contribution in [-0.4, -0.2) is 30.1 Å². The van der Waals surface area contributed by atoms with E-state index in [-0.39, 0.29) is 23.1 Å². The Bertz CT molecular complexity index is 484. The van der Waals surface area contributed by atoms with E-state index >= 15 is 0 Å². The van der Waals surface area contributed by atoms with Crippen LogP contribution >= 0.6 is 0 Å². The van der Waals surface area contributed by atoms with Crippen molar-refractivity contribution in [2.75, 3.05) is 18.4 Å². The molecule has 1 saturated heterocycles. The first-order valence-electron chi connectivity index (χ1n) is 5.62. The molecule has 1 fully saturated rings. The summed E-state index contributed by atoms with van der Waals surface area (Å²) >= 11 is 0. The highest BCUT2D eigenvalue weighted by Crippen LogP contribution is 2.18. The molecule has 0 radical (unpaired) electrons. The first kappa shape index (κ1) is 12.5. The van der Waals surface area contributed by atoms with Gasteiger partial charge in [0.25, 0.3) is 0 Å². The third-order valence-corrected chi connectivity index (χ3v) is 2.91. The summed E-state index contributed by atoms with van der Waals surface area (Å²) in [5, 5.41) is 14.2. The summed E-state index contributed by atoms with van der Waals surface area (Å²) in [5.41, 5.74) is -0.134. The summed E-state index contributed by atoms with van der Waals surface area (Å²) in [5.74, 6) is -2.36. The fourth-order valence-electron chi connectivity index (χ4n) is 1.86. The van der Waals surface area contributed by atoms with Crippen molar-refractivity contribution < 1.29 is 19.1 Å². The molecule has 0 aliphatic carbocycles. The number of anilines is 1. The van der Waals surface area contributed by atoms with Crippen LogP contribution < -0.4 is 10.6 Å². The van der Waals surface area contributed by atoms with Crippen molar-refractivity contribution in [2.45, 2.75) is 6.42 Å². The number of benzene rings is 1. The number of carbonyl (C=O) groups excluding carboxylic acids is 1. The quantitative estimate of drug-likeness (QED) is 0.752.